The molecule has 0 unspecified atom stereocenters. The van der Waals surface area contributed by atoms with Gasteiger partial charge in [0.05, 0.1) is 16.8 Å². The van der Waals surface area contributed by atoms with Crippen molar-refractivity contribution in [3.05, 3.63) is 23.2 Å². The third-order valence-electron chi connectivity index (χ3n) is 1.60. The molecule has 0 radical (unpaired) electrons. The van der Waals surface area contributed by atoms with Crippen molar-refractivity contribution < 1.29 is 0 Å². The quantitative estimate of drug-likeness (QED) is 0.703. The van der Waals surface area contributed by atoms with Crippen LogP contribution in [0.5, 0.6) is 0 Å². The lowest BCUT2D eigenvalue weighted by Crippen LogP contribution is -1.84. The third-order valence-corrected chi connectivity index (χ3v) is 2.64. The van der Waals surface area contributed by atoms with E-state index in [1.165, 1.54) is 9.75 Å². The summed E-state index contributed by atoms with van der Waals surface area (Å²) in [5.74, 6) is 0.469. The molecule has 2 aromatic rings. The Kier molecular flexibility index (Phi) is 1.62. The molecule has 3 N–H and O–H groups in total. The zero-order valence-corrected chi connectivity index (χ0v) is 7.48. The molecular formula is C8H9N3S. The van der Waals surface area contributed by atoms with Crippen molar-refractivity contribution >= 4 is 17.3 Å². The molecule has 0 aliphatic rings. The van der Waals surface area contributed by atoms with Crippen LogP contribution in [0.2, 0.25) is 0 Å². The first-order chi connectivity index (χ1) is 5.75. The SMILES string of the molecule is Cc1ccc(-c2cnc(N)[nH]2)s1. The fourth-order valence-electron chi connectivity index (χ4n) is 1.04. The summed E-state index contributed by atoms with van der Waals surface area (Å²) in [6.45, 7) is 2.08. The van der Waals surface area contributed by atoms with Crippen molar-refractivity contribution in [1.82, 2.24) is 9.97 Å². The number of nitrogen functional groups attached to an aromatic ring is 1. The first-order valence-electron chi connectivity index (χ1n) is 3.63. The number of anilines is 1. The van der Waals surface area contributed by atoms with Gasteiger partial charge in [-0.15, -0.1) is 11.3 Å². The lowest BCUT2D eigenvalue weighted by atomic mass is 10.4. The molecule has 2 rings (SSSR count). The number of thiophene rings is 1. The Morgan fingerprint density at radius 2 is 2.33 bits per heavy atom. The summed E-state index contributed by atoms with van der Waals surface area (Å²) in [6, 6.07) is 4.14. The molecule has 2 aromatic heterocycles. The Bertz CT molecular complexity index is 350. The highest BCUT2D eigenvalue weighted by Gasteiger charge is 2.02. The molecule has 0 saturated carbocycles. The van der Waals surface area contributed by atoms with E-state index < -0.39 is 0 Å². The predicted molar refractivity (Wildman–Crippen MR) is 51.1 cm³/mol. The van der Waals surface area contributed by atoms with Gasteiger partial charge in [-0.2, -0.15) is 0 Å². The number of hydrogen-bond donors (Lipinski definition) is 2. The Labute approximate surface area is 74.3 Å². The molecule has 62 valence electrons. The second-order valence-corrected chi connectivity index (χ2v) is 3.88. The van der Waals surface area contributed by atoms with Crippen LogP contribution in [0, 0.1) is 6.92 Å². The fraction of sp³-hybridized carbons (Fsp3) is 0.125. The average Bonchev–Trinajstić information content (AvgIpc) is 2.58. The number of aryl methyl sites for hydroxylation is 1. The second kappa shape index (κ2) is 2.64. The van der Waals surface area contributed by atoms with E-state index in [0.29, 0.717) is 5.95 Å². The molecule has 0 spiro atoms. The number of H-pyrrole nitrogens is 1. The summed E-state index contributed by atoms with van der Waals surface area (Å²) in [7, 11) is 0. The number of aromatic amines is 1. The normalized spacial score (nSPS) is 10.4. The predicted octanol–water partition coefficient (Wildman–Crippen LogP) is 2.03. The molecular weight excluding hydrogens is 170 g/mol. The van der Waals surface area contributed by atoms with Gasteiger partial charge in [-0.1, -0.05) is 0 Å². The lowest BCUT2D eigenvalue weighted by Gasteiger charge is -1.87. The first-order valence-corrected chi connectivity index (χ1v) is 4.44. The van der Waals surface area contributed by atoms with Gasteiger partial charge in [-0.3, -0.25) is 0 Å². The van der Waals surface area contributed by atoms with Crippen LogP contribution in [0.1, 0.15) is 4.88 Å². The summed E-state index contributed by atoms with van der Waals surface area (Å²) in [5.41, 5.74) is 6.45. The van der Waals surface area contributed by atoms with Crippen LogP contribution in [0.3, 0.4) is 0 Å². The van der Waals surface area contributed by atoms with Gasteiger partial charge < -0.3 is 10.7 Å². The topological polar surface area (TPSA) is 54.7 Å². The van der Waals surface area contributed by atoms with Gasteiger partial charge in [0.15, 0.2) is 5.95 Å². The third kappa shape index (κ3) is 1.21. The van der Waals surface area contributed by atoms with E-state index in [9.17, 15) is 0 Å². The Morgan fingerprint density at radius 1 is 1.50 bits per heavy atom. The molecule has 0 aromatic carbocycles. The molecule has 0 aliphatic carbocycles. The summed E-state index contributed by atoms with van der Waals surface area (Å²) in [6.07, 6.45) is 1.75. The summed E-state index contributed by atoms with van der Waals surface area (Å²) in [5, 5.41) is 0. The van der Waals surface area contributed by atoms with Crippen molar-refractivity contribution in [3.63, 3.8) is 0 Å². The van der Waals surface area contributed by atoms with Crippen LogP contribution in [0.15, 0.2) is 18.3 Å². The molecule has 12 heavy (non-hydrogen) atoms. The van der Waals surface area contributed by atoms with E-state index in [2.05, 4.69) is 29.0 Å². The Balaban J connectivity index is 2.43. The maximum absolute atomic E-state index is 5.46. The average molecular weight is 179 g/mol. The van der Waals surface area contributed by atoms with E-state index in [1.807, 2.05) is 0 Å². The minimum atomic E-state index is 0.469. The van der Waals surface area contributed by atoms with Crippen molar-refractivity contribution in [2.24, 2.45) is 0 Å². The van der Waals surface area contributed by atoms with E-state index >= 15 is 0 Å². The van der Waals surface area contributed by atoms with Gasteiger partial charge in [-0.25, -0.2) is 4.98 Å². The molecule has 0 saturated heterocycles. The highest BCUT2D eigenvalue weighted by Crippen LogP contribution is 2.25. The number of aromatic nitrogens is 2. The molecule has 2 heterocycles. The summed E-state index contributed by atoms with van der Waals surface area (Å²) < 4.78 is 0. The fourth-order valence-corrected chi connectivity index (χ4v) is 1.87. The van der Waals surface area contributed by atoms with Crippen LogP contribution in [-0.2, 0) is 0 Å². The monoisotopic (exact) mass is 179 g/mol. The van der Waals surface area contributed by atoms with E-state index in [-0.39, 0.29) is 0 Å². The maximum atomic E-state index is 5.46. The highest BCUT2D eigenvalue weighted by atomic mass is 32.1. The lowest BCUT2D eigenvalue weighted by molar-refractivity contribution is 1.33. The minimum absolute atomic E-state index is 0.469. The van der Waals surface area contributed by atoms with Crippen LogP contribution in [0.4, 0.5) is 5.95 Å². The molecule has 0 bridgehead atoms. The molecule has 3 nitrogen and oxygen atoms in total. The minimum Gasteiger partial charge on any atom is -0.369 e. The number of nitrogens with one attached hydrogen (secondary N) is 1. The van der Waals surface area contributed by atoms with E-state index in [1.54, 1.807) is 17.5 Å². The number of imidazole rings is 1. The molecule has 0 fully saturated rings. The van der Waals surface area contributed by atoms with Crippen LogP contribution < -0.4 is 5.73 Å². The van der Waals surface area contributed by atoms with Gasteiger partial charge in [0, 0.05) is 4.88 Å². The number of nitrogens with two attached hydrogens (primary N) is 1. The summed E-state index contributed by atoms with van der Waals surface area (Å²) in [4.78, 5) is 9.38. The smallest absolute Gasteiger partial charge is 0.197 e. The molecule has 0 amide bonds. The highest BCUT2D eigenvalue weighted by molar-refractivity contribution is 7.15. The largest absolute Gasteiger partial charge is 0.369 e. The maximum Gasteiger partial charge on any atom is 0.197 e. The number of rotatable bonds is 1. The van der Waals surface area contributed by atoms with Crippen molar-refractivity contribution in [3.8, 4) is 10.6 Å². The van der Waals surface area contributed by atoms with Crippen molar-refractivity contribution in [2.45, 2.75) is 6.92 Å². The van der Waals surface area contributed by atoms with Crippen LogP contribution in [-0.4, -0.2) is 9.97 Å². The van der Waals surface area contributed by atoms with Crippen LogP contribution >= 0.6 is 11.3 Å². The van der Waals surface area contributed by atoms with Crippen molar-refractivity contribution in [2.75, 3.05) is 5.73 Å². The van der Waals surface area contributed by atoms with Gasteiger partial charge in [0.25, 0.3) is 0 Å². The van der Waals surface area contributed by atoms with E-state index in [4.69, 9.17) is 5.73 Å². The first kappa shape index (κ1) is 7.36. The summed E-state index contributed by atoms with van der Waals surface area (Å²) >= 11 is 1.73. The van der Waals surface area contributed by atoms with Gasteiger partial charge in [0.2, 0.25) is 0 Å². The van der Waals surface area contributed by atoms with Crippen LogP contribution in [0.25, 0.3) is 10.6 Å². The van der Waals surface area contributed by atoms with Gasteiger partial charge in [-0.05, 0) is 19.1 Å². The van der Waals surface area contributed by atoms with Gasteiger partial charge in [0.1, 0.15) is 0 Å². The number of nitrogens with zero attached hydrogens (tertiary/aromatic N) is 1. The number of hydrogen-bond acceptors (Lipinski definition) is 3. The zero-order chi connectivity index (χ0) is 8.55. The van der Waals surface area contributed by atoms with Gasteiger partial charge >= 0.3 is 0 Å². The Hall–Kier alpha value is -1.29. The molecule has 4 heteroatoms. The molecule has 0 aliphatic heterocycles. The van der Waals surface area contributed by atoms with Crippen molar-refractivity contribution in [1.29, 1.82) is 0 Å². The van der Waals surface area contributed by atoms with E-state index in [0.717, 1.165) is 5.69 Å². The molecule has 0 atom stereocenters. The second-order valence-electron chi connectivity index (χ2n) is 2.59. The zero-order valence-electron chi connectivity index (χ0n) is 6.66. The standard InChI is InChI=1S/C8H9N3S/c1-5-2-3-7(12-5)6-4-10-8(9)11-6/h2-4H,1H3,(H3,9,10,11). The Morgan fingerprint density at radius 3 is 2.83 bits per heavy atom.